The van der Waals surface area contributed by atoms with E-state index in [4.69, 9.17) is 21.1 Å². The van der Waals surface area contributed by atoms with Crippen LogP contribution in [0.2, 0.25) is 5.02 Å². The molecule has 0 aliphatic carbocycles. The number of methoxy groups -OCH3 is 2. The second kappa shape index (κ2) is 7.54. The van der Waals surface area contributed by atoms with Crippen LogP contribution in [0.25, 0.3) is 0 Å². The third-order valence-corrected chi connectivity index (χ3v) is 5.60. The fourth-order valence-corrected chi connectivity index (χ4v) is 4.19. The molecule has 0 aromatic heterocycles. The fourth-order valence-electron chi connectivity index (χ4n) is 2.82. The Balaban J connectivity index is 1.95. The average Bonchev–Trinajstić information content (AvgIpc) is 2.98. The first-order chi connectivity index (χ1) is 12.0. The van der Waals surface area contributed by atoms with Crippen LogP contribution in [0.4, 0.5) is 4.39 Å². The zero-order valence-electron chi connectivity index (χ0n) is 13.8. The Bertz CT molecular complexity index is 780. The molecule has 1 unspecified atom stereocenters. The van der Waals surface area contributed by atoms with Gasteiger partial charge in [0.1, 0.15) is 22.7 Å². The number of amides is 1. The van der Waals surface area contributed by atoms with Crippen LogP contribution >= 0.6 is 23.4 Å². The van der Waals surface area contributed by atoms with Gasteiger partial charge in [-0.1, -0.05) is 23.7 Å². The molecule has 7 heteroatoms. The summed E-state index contributed by atoms with van der Waals surface area (Å²) in [6.45, 7) is 0.332. The Labute approximate surface area is 154 Å². The minimum atomic E-state index is -0.474. The monoisotopic (exact) mass is 381 g/mol. The van der Waals surface area contributed by atoms with Gasteiger partial charge in [0.05, 0.1) is 37.1 Å². The van der Waals surface area contributed by atoms with Crippen LogP contribution in [0.3, 0.4) is 0 Å². The maximum Gasteiger partial charge on any atom is 0.234 e. The van der Waals surface area contributed by atoms with E-state index in [0.29, 0.717) is 23.8 Å². The van der Waals surface area contributed by atoms with Crippen LogP contribution in [-0.2, 0) is 11.3 Å². The summed E-state index contributed by atoms with van der Waals surface area (Å²) in [5, 5.41) is -0.188. The SMILES string of the molecule is COc1cccc(OC)c1CN1C(=O)CSC1c1ccc(F)c(Cl)c1. The molecule has 1 saturated heterocycles. The van der Waals surface area contributed by atoms with E-state index in [2.05, 4.69) is 0 Å². The van der Waals surface area contributed by atoms with Crippen molar-refractivity contribution in [2.75, 3.05) is 20.0 Å². The molecule has 2 aromatic carbocycles. The summed E-state index contributed by atoms with van der Waals surface area (Å²) in [7, 11) is 3.16. The second-order valence-corrected chi connectivity index (χ2v) is 6.98. The number of rotatable bonds is 5. The summed E-state index contributed by atoms with van der Waals surface area (Å²) in [5.41, 5.74) is 1.58. The highest BCUT2D eigenvalue weighted by atomic mass is 35.5. The molecule has 0 N–H and O–H groups in total. The highest BCUT2D eigenvalue weighted by molar-refractivity contribution is 8.00. The molecule has 0 radical (unpaired) electrons. The van der Waals surface area contributed by atoms with Crippen LogP contribution < -0.4 is 9.47 Å². The first-order valence-corrected chi connectivity index (χ1v) is 9.03. The number of benzene rings is 2. The highest BCUT2D eigenvalue weighted by Gasteiger charge is 2.34. The minimum Gasteiger partial charge on any atom is -0.496 e. The molecule has 1 heterocycles. The lowest BCUT2D eigenvalue weighted by molar-refractivity contribution is -0.128. The molecule has 1 aliphatic rings. The number of ether oxygens (including phenoxy) is 2. The Morgan fingerprint density at radius 2 is 1.92 bits per heavy atom. The quantitative estimate of drug-likeness (QED) is 0.775. The molecule has 4 nitrogen and oxygen atoms in total. The maximum atomic E-state index is 13.5. The van der Waals surface area contributed by atoms with Gasteiger partial charge in [-0.15, -0.1) is 11.8 Å². The van der Waals surface area contributed by atoms with E-state index in [1.165, 1.54) is 17.8 Å². The summed E-state index contributed by atoms with van der Waals surface area (Å²) in [5.74, 6) is 1.19. The molecule has 1 atom stereocenters. The lowest BCUT2D eigenvalue weighted by Crippen LogP contribution is -2.28. The van der Waals surface area contributed by atoms with E-state index in [1.807, 2.05) is 18.2 Å². The van der Waals surface area contributed by atoms with E-state index >= 15 is 0 Å². The number of carbonyl (C=O) groups is 1. The standard InChI is InChI=1S/C18H17ClFNO3S/c1-23-15-4-3-5-16(24-2)12(15)9-21-17(22)10-25-18(21)11-6-7-14(20)13(19)8-11/h3-8,18H,9-10H2,1-2H3. The van der Waals surface area contributed by atoms with Crippen LogP contribution in [0.15, 0.2) is 36.4 Å². The molecular formula is C18H17ClFNO3S. The largest absolute Gasteiger partial charge is 0.496 e. The minimum absolute atomic E-state index is 0.00315. The number of hydrogen-bond acceptors (Lipinski definition) is 4. The third kappa shape index (κ3) is 3.55. The topological polar surface area (TPSA) is 38.8 Å². The van der Waals surface area contributed by atoms with E-state index in [0.717, 1.165) is 11.1 Å². The fraction of sp³-hybridized carbons (Fsp3) is 0.278. The van der Waals surface area contributed by atoms with Gasteiger partial charge in [-0.2, -0.15) is 0 Å². The second-order valence-electron chi connectivity index (χ2n) is 5.50. The number of halogens is 2. The molecule has 2 aromatic rings. The van der Waals surface area contributed by atoms with Crippen molar-refractivity contribution >= 4 is 29.3 Å². The highest BCUT2D eigenvalue weighted by Crippen LogP contribution is 2.42. The number of nitrogens with zero attached hydrogens (tertiary/aromatic N) is 1. The maximum absolute atomic E-state index is 13.5. The first-order valence-electron chi connectivity index (χ1n) is 7.61. The van der Waals surface area contributed by atoms with Crippen LogP contribution in [0.5, 0.6) is 11.5 Å². The smallest absolute Gasteiger partial charge is 0.234 e. The van der Waals surface area contributed by atoms with Crippen LogP contribution in [0, 0.1) is 5.82 Å². The molecule has 0 saturated carbocycles. The van der Waals surface area contributed by atoms with Crippen molar-refractivity contribution in [3.63, 3.8) is 0 Å². The summed E-state index contributed by atoms with van der Waals surface area (Å²) in [4.78, 5) is 14.2. The van der Waals surface area contributed by atoms with Crippen molar-refractivity contribution in [1.82, 2.24) is 4.90 Å². The van der Waals surface area contributed by atoms with Gasteiger partial charge in [-0.25, -0.2) is 4.39 Å². The van der Waals surface area contributed by atoms with Gasteiger partial charge in [0.15, 0.2) is 0 Å². The van der Waals surface area contributed by atoms with Gasteiger partial charge in [0.2, 0.25) is 5.91 Å². The Morgan fingerprint density at radius 1 is 1.24 bits per heavy atom. The molecule has 0 bridgehead atoms. The molecule has 0 spiro atoms. The molecule has 25 heavy (non-hydrogen) atoms. The van der Waals surface area contributed by atoms with Crippen molar-refractivity contribution in [2.45, 2.75) is 11.9 Å². The van der Waals surface area contributed by atoms with Crippen molar-refractivity contribution in [1.29, 1.82) is 0 Å². The van der Waals surface area contributed by atoms with Crippen molar-refractivity contribution in [3.05, 3.63) is 58.4 Å². The lowest BCUT2D eigenvalue weighted by atomic mass is 10.1. The van der Waals surface area contributed by atoms with Gasteiger partial charge < -0.3 is 14.4 Å². The predicted octanol–water partition coefficient (Wildman–Crippen LogP) is 4.27. The van der Waals surface area contributed by atoms with Gasteiger partial charge in [0, 0.05) is 0 Å². The summed E-state index contributed by atoms with van der Waals surface area (Å²) < 4.78 is 24.3. The summed E-state index contributed by atoms with van der Waals surface area (Å²) >= 11 is 7.39. The van der Waals surface area contributed by atoms with E-state index in [-0.39, 0.29) is 16.3 Å². The van der Waals surface area contributed by atoms with Crippen molar-refractivity contribution in [2.24, 2.45) is 0 Å². The summed E-state index contributed by atoms with van der Waals surface area (Å²) in [6.07, 6.45) is 0. The van der Waals surface area contributed by atoms with Crippen LogP contribution in [-0.4, -0.2) is 30.8 Å². The zero-order chi connectivity index (χ0) is 18.0. The normalized spacial score (nSPS) is 17.0. The van der Waals surface area contributed by atoms with Gasteiger partial charge in [-0.3, -0.25) is 4.79 Å². The number of carbonyl (C=O) groups excluding carboxylic acids is 1. The molecule has 1 aliphatic heterocycles. The Hall–Kier alpha value is -1.92. The average molecular weight is 382 g/mol. The van der Waals surface area contributed by atoms with Gasteiger partial charge in [0.25, 0.3) is 0 Å². The van der Waals surface area contributed by atoms with E-state index in [1.54, 1.807) is 31.3 Å². The third-order valence-electron chi connectivity index (χ3n) is 4.06. The predicted molar refractivity (Wildman–Crippen MR) is 96.7 cm³/mol. The zero-order valence-corrected chi connectivity index (χ0v) is 15.4. The Morgan fingerprint density at radius 3 is 2.52 bits per heavy atom. The first kappa shape index (κ1) is 17.9. The van der Waals surface area contributed by atoms with Crippen molar-refractivity contribution < 1.29 is 18.7 Å². The molecule has 3 rings (SSSR count). The summed E-state index contributed by atoms with van der Waals surface area (Å²) in [6, 6.07) is 10.0. The molecule has 132 valence electrons. The van der Waals surface area contributed by atoms with E-state index < -0.39 is 5.82 Å². The lowest BCUT2D eigenvalue weighted by Gasteiger charge is -2.26. The molecule has 1 amide bonds. The Kier molecular flexibility index (Phi) is 5.39. The van der Waals surface area contributed by atoms with E-state index in [9.17, 15) is 9.18 Å². The van der Waals surface area contributed by atoms with Gasteiger partial charge >= 0.3 is 0 Å². The van der Waals surface area contributed by atoms with Crippen LogP contribution in [0.1, 0.15) is 16.5 Å². The number of hydrogen-bond donors (Lipinski definition) is 0. The molecular weight excluding hydrogens is 365 g/mol. The van der Waals surface area contributed by atoms with Gasteiger partial charge in [-0.05, 0) is 29.8 Å². The molecule has 1 fully saturated rings. The van der Waals surface area contributed by atoms with Crippen molar-refractivity contribution in [3.8, 4) is 11.5 Å². The number of thioether (sulfide) groups is 1.